The van der Waals surface area contributed by atoms with Gasteiger partial charge in [0.15, 0.2) is 0 Å². The Morgan fingerprint density at radius 3 is 2.30 bits per heavy atom. The Hall–Kier alpha value is -2.54. The molecule has 1 aromatic carbocycles. The Morgan fingerprint density at radius 1 is 1.07 bits per heavy atom. The van der Waals surface area contributed by atoms with Crippen LogP contribution in [0.3, 0.4) is 0 Å². The lowest BCUT2D eigenvalue weighted by Crippen LogP contribution is -2.21. The summed E-state index contributed by atoms with van der Waals surface area (Å²) in [4.78, 5) is 0. The highest BCUT2D eigenvalue weighted by Crippen LogP contribution is 2.41. The maximum absolute atomic E-state index is 3.81. The van der Waals surface area contributed by atoms with Crippen molar-refractivity contribution in [1.82, 2.24) is 5.32 Å². The normalized spacial score (nSPS) is 14.6. The summed E-state index contributed by atoms with van der Waals surface area (Å²) in [5.74, 6) is 0. The molecule has 0 aliphatic heterocycles. The Kier molecular flexibility index (Phi) is 9.36. The van der Waals surface area contributed by atoms with Crippen LogP contribution < -0.4 is 5.32 Å². The molecule has 0 saturated carbocycles. The molecule has 0 heterocycles. The molecule has 1 nitrogen and oxygen atoms in total. The molecular weight excluding hydrogens is 326 g/mol. The molecule has 0 fully saturated rings. The van der Waals surface area contributed by atoms with Crippen molar-refractivity contribution in [2.75, 3.05) is 6.54 Å². The summed E-state index contributed by atoms with van der Waals surface area (Å²) in [6, 6.07) is 10.5. The van der Waals surface area contributed by atoms with Gasteiger partial charge < -0.3 is 5.32 Å². The van der Waals surface area contributed by atoms with E-state index < -0.39 is 0 Å². The van der Waals surface area contributed by atoms with Crippen LogP contribution in [0.15, 0.2) is 95.8 Å². The molecule has 0 aliphatic rings. The fraction of sp³-hybridized carbons (Fsp3) is 0.308. The monoisotopic (exact) mass is 361 g/mol. The SMILES string of the molecule is C=CCN/C(C)=C(C)/C(=C/c1ccccc1)C(C)(C)C(/C=C\C)=C/C=C\C. The van der Waals surface area contributed by atoms with E-state index in [0.29, 0.717) is 0 Å². The molecule has 1 N–H and O–H groups in total. The highest BCUT2D eigenvalue weighted by molar-refractivity contribution is 5.63. The van der Waals surface area contributed by atoms with Crippen LogP contribution in [0.2, 0.25) is 0 Å². The van der Waals surface area contributed by atoms with Crippen LogP contribution >= 0.6 is 0 Å². The maximum atomic E-state index is 3.81. The second-order valence-corrected chi connectivity index (χ2v) is 7.16. The van der Waals surface area contributed by atoms with E-state index in [-0.39, 0.29) is 5.41 Å². The van der Waals surface area contributed by atoms with Gasteiger partial charge in [-0.1, -0.05) is 86.7 Å². The van der Waals surface area contributed by atoms with Crippen molar-refractivity contribution in [2.45, 2.75) is 41.5 Å². The molecule has 0 aromatic heterocycles. The average molecular weight is 362 g/mol. The Balaban J connectivity index is 3.61. The molecule has 0 spiro atoms. The zero-order valence-corrected chi connectivity index (χ0v) is 17.8. The van der Waals surface area contributed by atoms with Crippen LogP contribution in [-0.4, -0.2) is 6.54 Å². The van der Waals surface area contributed by atoms with Crippen LogP contribution in [0.4, 0.5) is 0 Å². The molecule has 0 radical (unpaired) electrons. The number of hydrogen-bond acceptors (Lipinski definition) is 1. The average Bonchev–Trinajstić information content (AvgIpc) is 2.67. The lowest BCUT2D eigenvalue weighted by Gasteiger charge is -2.32. The van der Waals surface area contributed by atoms with Crippen LogP contribution in [0, 0.1) is 5.41 Å². The van der Waals surface area contributed by atoms with Gasteiger partial charge in [-0.2, -0.15) is 0 Å². The Morgan fingerprint density at radius 2 is 1.74 bits per heavy atom. The van der Waals surface area contributed by atoms with Gasteiger partial charge in [0.25, 0.3) is 0 Å². The first kappa shape index (κ1) is 22.5. The van der Waals surface area contributed by atoms with E-state index in [2.05, 4.69) is 113 Å². The Labute approximate surface area is 166 Å². The largest absolute Gasteiger partial charge is 0.385 e. The van der Waals surface area contributed by atoms with Gasteiger partial charge in [-0.05, 0) is 50.0 Å². The minimum Gasteiger partial charge on any atom is -0.385 e. The van der Waals surface area contributed by atoms with E-state index in [0.717, 1.165) is 6.54 Å². The summed E-state index contributed by atoms with van der Waals surface area (Å²) in [5, 5.41) is 3.45. The Bertz CT molecular complexity index is 753. The summed E-state index contributed by atoms with van der Waals surface area (Å²) in [5.41, 5.74) is 6.08. The topological polar surface area (TPSA) is 12.0 Å². The van der Waals surface area contributed by atoms with Crippen LogP contribution in [0.5, 0.6) is 0 Å². The molecule has 1 aromatic rings. The van der Waals surface area contributed by atoms with Crippen molar-refractivity contribution >= 4 is 6.08 Å². The van der Waals surface area contributed by atoms with E-state index in [1.165, 1.54) is 28.0 Å². The van der Waals surface area contributed by atoms with Crippen molar-refractivity contribution in [3.8, 4) is 0 Å². The molecule has 1 heteroatoms. The summed E-state index contributed by atoms with van der Waals surface area (Å²) in [6.07, 6.45) is 14.9. The molecule has 0 aliphatic carbocycles. The van der Waals surface area contributed by atoms with Gasteiger partial charge in [0.1, 0.15) is 0 Å². The molecule has 0 bridgehead atoms. The molecule has 0 unspecified atom stereocenters. The number of nitrogens with one attached hydrogen (secondary N) is 1. The van der Waals surface area contributed by atoms with Crippen LogP contribution in [-0.2, 0) is 0 Å². The van der Waals surface area contributed by atoms with E-state index >= 15 is 0 Å². The quantitative estimate of drug-likeness (QED) is 0.361. The second kappa shape index (κ2) is 11.2. The molecule has 144 valence electrons. The highest BCUT2D eigenvalue weighted by atomic mass is 14.9. The van der Waals surface area contributed by atoms with Gasteiger partial charge in [0.2, 0.25) is 0 Å². The molecular formula is C26H35N. The first-order chi connectivity index (χ1) is 12.9. The third kappa shape index (κ3) is 6.60. The third-order valence-electron chi connectivity index (χ3n) is 4.80. The van der Waals surface area contributed by atoms with Crippen molar-refractivity contribution in [3.05, 3.63) is 101 Å². The minimum atomic E-state index is -0.150. The number of allylic oxidation sites excluding steroid dienone is 9. The van der Waals surface area contributed by atoms with Crippen molar-refractivity contribution in [2.24, 2.45) is 5.41 Å². The molecule has 0 saturated heterocycles. The molecule has 0 amide bonds. The van der Waals surface area contributed by atoms with E-state index in [9.17, 15) is 0 Å². The minimum absolute atomic E-state index is 0.150. The van der Waals surface area contributed by atoms with Gasteiger partial charge in [0.05, 0.1) is 0 Å². The molecule has 27 heavy (non-hydrogen) atoms. The predicted octanol–water partition coefficient (Wildman–Crippen LogP) is 7.24. The van der Waals surface area contributed by atoms with Crippen LogP contribution in [0.1, 0.15) is 47.1 Å². The second-order valence-electron chi connectivity index (χ2n) is 7.16. The number of hydrogen-bond donors (Lipinski definition) is 1. The predicted molar refractivity (Wildman–Crippen MR) is 122 cm³/mol. The first-order valence-electron chi connectivity index (χ1n) is 9.64. The van der Waals surface area contributed by atoms with E-state index in [1.807, 2.05) is 13.0 Å². The van der Waals surface area contributed by atoms with E-state index in [1.54, 1.807) is 0 Å². The van der Waals surface area contributed by atoms with Gasteiger partial charge in [-0.25, -0.2) is 0 Å². The fourth-order valence-electron chi connectivity index (χ4n) is 3.04. The lowest BCUT2D eigenvalue weighted by molar-refractivity contribution is 0.560. The van der Waals surface area contributed by atoms with Gasteiger partial charge in [0, 0.05) is 17.7 Å². The lowest BCUT2D eigenvalue weighted by atomic mass is 9.73. The number of rotatable bonds is 9. The maximum Gasteiger partial charge on any atom is 0.0325 e. The van der Waals surface area contributed by atoms with Gasteiger partial charge in [-0.3, -0.25) is 0 Å². The number of benzene rings is 1. The fourth-order valence-corrected chi connectivity index (χ4v) is 3.04. The summed E-state index contributed by atoms with van der Waals surface area (Å²) in [7, 11) is 0. The smallest absolute Gasteiger partial charge is 0.0325 e. The summed E-state index contributed by atoms with van der Waals surface area (Å²) in [6.45, 7) is 17.6. The zero-order valence-electron chi connectivity index (χ0n) is 17.8. The third-order valence-corrected chi connectivity index (χ3v) is 4.80. The first-order valence-corrected chi connectivity index (χ1v) is 9.64. The summed E-state index contributed by atoms with van der Waals surface area (Å²) < 4.78 is 0. The summed E-state index contributed by atoms with van der Waals surface area (Å²) >= 11 is 0. The zero-order chi connectivity index (χ0) is 20.3. The van der Waals surface area contributed by atoms with Crippen LogP contribution in [0.25, 0.3) is 6.08 Å². The molecule has 1 rings (SSSR count). The van der Waals surface area contributed by atoms with Crippen molar-refractivity contribution in [1.29, 1.82) is 0 Å². The highest BCUT2D eigenvalue weighted by Gasteiger charge is 2.28. The van der Waals surface area contributed by atoms with Gasteiger partial charge in [-0.15, -0.1) is 6.58 Å². The van der Waals surface area contributed by atoms with Crippen molar-refractivity contribution < 1.29 is 0 Å². The van der Waals surface area contributed by atoms with Crippen molar-refractivity contribution in [3.63, 3.8) is 0 Å². The van der Waals surface area contributed by atoms with E-state index in [4.69, 9.17) is 0 Å². The standard InChI is InChI=1S/C26H35N/c1-8-11-18-24(15-9-2)26(6,7)25(20-23-16-13-12-14-17-23)21(4)22(5)27-19-10-3/h8-18,20,27H,3,19H2,1-2,4-7H3/b11-8-,15-9-,22-21+,24-18+,25-20-. The van der Waals surface area contributed by atoms with Gasteiger partial charge >= 0.3 is 0 Å². The molecule has 0 atom stereocenters.